The number of aryl methyl sites for hydroxylation is 1. The second-order valence-electron chi connectivity index (χ2n) is 7.07. The molecule has 0 saturated carbocycles. The highest BCUT2D eigenvalue weighted by Crippen LogP contribution is 2.18. The van der Waals surface area contributed by atoms with Crippen molar-refractivity contribution in [3.63, 3.8) is 0 Å². The number of rotatable bonds is 4. The summed E-state index contributed by atoms with van der Waals surface area (Å²) in [5.41, 5.74) is 9.27. The Morgan fingerprint density at radius 2 is 1.87 bits per heavy atom. The van der Waals surface area contributed by atoms with Gasteiger partial charge in [0.15, 0.2) is 11.8 Å². The number of nitrogens with one attached hydrogen (secondary N) is 1. The average molecular weight is 521 g/mol. The smallest absolute Gasteiger partial charge is 0.191 e. The molecule has 158 valence electrons. The van der Waals surface area contributed by atoms with E-state index in [0.29, 0.717) is 18.3 Å². The molecule has 1 aromatic heterocycles. The molecule has 0 amide bonds. The topological polar surface area (TPSA) is 86.4 Å². The summed E-state index contributed by atoms with van der Waals surface area (Å²) in [6, 6.07) is 14.6. The van der Waals surface area contributed by atoms with Gasteiger partial charge in [-0.3, -0.25) is 5.10 Å². The Kier molecular flexibility index (Phi) is 7.24. The first-order valence-electron chi connectivity index (χ1n) is 9.62. The Hall–Kier alpha value is -2.69. The third kappa shape index (κ3) is 5.26. The molecule has 2 heterocycles. The monoisotopic (exact) mass is 521 g/mol. The van der Waals surface area contributed by atoms with E-state index in [4.69, 9.17) is 5.73 Å². The number of benzene rings is 2. The van der Waals surface area contributed by atoms with Crippen molar-refractivity contribution >= 4 is 35.6 Å². The number of guanidine groups is 1. The van der Waals surface area contributed by atoms with E-state index in [-0.39, 0.29) is 29.8 Å². The molecular weight excluding hydrogens is 496 g/mol. The zero-order valence-corrected chi connectivity index (χ0v) is 19.1. The molecule has 0 bridgehead atoms. The van der Waals surface area contributed by atoms with Gasteiger partial charge in [0.2, 0.25) is 0 Å². The van der Waals surface area contributed by atoms with Gasteiger partial charge >= 0.3 is 0 Å². The summed E-state index contributed by atoms with van der Waals surface area (Å²) >= 11 is 0. The number of hydrogen-bond donors (Lipinski definition) is 2. The van der Waals surface area contributed by atoms with Gasteiger partial charge in [-0.25, -0.2) is 14.4 Å². The standard InChI is InChI=1S/C21H24FN7.HI/c1-15-25-20(27-26-15)17-4-2-3-16(13-17)14-24-21(23)29-11-9-28(10-12-29)19-7-5-18(22)6-8-19;/h2-8,13H,9-12,14H2,1H3,(H2,23,24)(H,25,26,27);1H. The summed E-state index contributed by atoms with van der Waals surface area (Å²) in [6.07, 6.45) is 0. The average Bonchev–Trinajstić information content (AvgIpc) is 3.19. The number of hydrogen-bond acceptors (Lipinski definition) is 4. The minimum atomic E-state index is -0.217. The lowest BCUT2D eigenvalue weighted by molar-refractivity contribution is 0.380. The molecule has 3 aromatic rings. The van der Waals surface area contributed by atoms with E-state index in [0.717, 1.165) is 48.8 Å². The molecule has 0 unspecified atom stereocenters. The van der Waals surface area contributed by atoms with E-state index in [1.807, 2.05) is 43.3 Å². The molecule has 1 aliphatic heterocycles. The van der Waals surface area contributed by atoms with Crippen LogP contribution >= 0.6 is 24.0 Å². The lowest BCUT2D eigenvalue weighted by Crippen LogP contribution is -2.51. The minimum Gasteiger partial charge on any atom is -0.370 e. The normalized spacial score (nSPS) is 14.5. The number of halogens is 2. The Balaban J connectivity index is 0.00000256. The Bertz CT molecular complexity index is 995. The van der Waals surface area contributed by atoms with Crippen LogP contribution < -0.4 is 10.6 Å². The number of H-pyrrole nitrogens is 1. The van der Waals surface area contributed by atoms with Gasteiger partial charge < -0.3 is 15.5 Å². The quantitative estimate of drug-likeness (QED) is 0.313. The Morgan fingerprint density at radius 3 is 2.53 bits per heavy atom. The third-order valence-electron chi connectivity index (χ3n) is 5.00. The molecule has 4 rings (SSSR count). The SMILES string of the molecule is Cc1nc(-c2cccc(CN=C(N)N3CCN(c4ccc(F)cc4)CC3)c2)n[nH]1.I. The van der Waals surface area contributed by atoms with Gasteiger partial charge in [0, 0.05) is 37.4 Å². The number of aromatic amines is 1. The van der Waals surface area contributed by atoms with Gasteiger partial charge in [0.1, 0.15) is 11.6 Å². The van der Waals surface area contributed by atoms with Gasteiger partial charge in [0.05, 0.1) is 6.54 Å². The Morgan fingerprint density at radius 1 is 1.13 bits per heavy atom. The van der Waals surface area contributed by atoms with Gasteiger partial charge in [-0.05, 0) is 42.8 Å². The minimum absolute atomic E-state index is 0. The van der Waals surface area contributed by atoms with Crippen LogP contribution in [0.15, 0.2) is 53.5 Å². The molecular formula is C21H25FIN7. The summed E-state index contributed by atoms with van der Waals surface area (Å²) in [6.45, 7) is 5.58. The van der Waals surface area contributed by atoms with Crippen LogP contribution in [0.4, 0.5) is 10.1 Å². The van der Waals surface area contributed by atoms with E-state index in [1.54, 1.807) is 0 Å². The summed E-state index contributed by atoms with van der Waals surface area (Å²) in [7, 11) is 0. The van der Waals surface area contributed by atoms with E-state index in [2.05, 4.69) is 30.0 Å². The highest BCUT2D eigenvalue weighted by Gasteiger charge is 2.18. The second-order valence-corrected chi connectivity index (χ2v) is 7.07. The number of anilines is 1. The number of aromatic nitrogens is 3. The van der Waals surface area contributed by atoms with E-state index in [1.165, 1.54) is 12.1 Å². The molecule has 0 spiro atoms. The van der Waals surface area contributed by atoms with Crippen LogP contribution in [0.5, 0.6) is 0 Å². The van der Waals surface area contributed by atoms with Crippen molar-refractivity contribution in [2.45, 2.75) is 13.5 Å². The van der Waals surface area contributed by atoms with Crippen molar-refractivity contribution in [3.05, 3.63) is 65.7 Å². The second kappa shape index (κ2) is 9.88. The summed E-state index contributed by atoms with van der Waals surface area (Å²) in [4.78, 5) is 13.3. The van der Waals surface area contributed by atoms with Gasteiger partial charge in [-0.1, -0.05) is 18.2 Å². The van der Waals surface area contributed by atoms with Crippen molar-refractivity contribution in [2.75, 3.05) is 31.1 Å². The maximum absolute atomic E-state index is 13.1. The van der Waals surface area contributed by atoms with Crippen LogP contribution in [0.25, 0.3) is 11.4 Å². The van der Waals surface area contributed by atoms with Crippen molar-refractivity contribution in [3.8, 4) is 11.4 Å². The van der Waals surface area contributed by atoms with Crippen LogP contribution in [-0.4, -0.2) is 52.2 Å². The lowest BCUT2D eigenvalue weighted by Gasteiger charge is -2.36. The predicted octanol–water partition coefficient (Wildman–Crippen LogP) is 3.17. The fourth-order valence-electron chi connectivity index (χ4n) is 3.40. The highest BCUT2D eigenvalue weighted by molar-refractivity contribution is 14.0. The Labute approximate surface area is 192 Å². The molecule has 30 heavy (non-hydrogen) atoms. The van der Waals surface area contributed by atoms with Crippen LogP contribution in [-0.2, 0) is 6.54 Å². The van der Waals surface area contributed by atoms with Gasteiger partial charge in [0.25, 0.3) is 0 Å². The van der Waals surface area contributed by atoms with Crippen molar-refractivity contribution in [2.24, 2.45) is 10.7 Å². The van der Waals surface area contributed by atoms with E-state index < -0.39 is 0 Å². The van der Waals surface area contributed by atoms with Gasteiger partial charge in [-0.2, -0.15) is 5.10 Å². The first-order chi connectivity index (χ1) is 14.1. The number of aliphatic imine (C=N–C) groups is 1. The van der Waals surface area contributed by atoms with Crippen molar-refractivity contribution < 1.29 is 4.39 Å². The maximum atomic E-state index is 13.1. The zero-order valence-electron chi connectivity index (χ0n) is 16.8. The van der Waals surface area contributed by atoms with E-state index in [9.17, 15) is 4.39 Å². The van der Waals surface area contributed by atoms with Crippen molar-refractivity contribution in [1.82, 2.24) is 20.1 Å². The number of nitrogens with two attached hydrogens (primary N) is 1. The summed E-state index contributed by atoms with van der Waals surface area (Å²) in [5, 5.41) is 7.06. The molecule has 9 heteroatoms. The molecule has 1 saturated heterocycles. The maximum Gasteiger partial charge on any atom is 0.191 e. The molecule has 3 N–H and O–H groups in total. The van der Waals surface area contributed by atoms with Gasteiger partial charge in [-0.15, -0.1) is 24.0 Å². The third-order valence-corrected chi connectivity index (χ3v) is 5.00. The molecule has 1 aliphatic rings. The molecule has 2 aromatic carbocycles. The fourth-order valence-corrected chi connectivity index (χ4v) is 3.40. The van der Waals surface area contributed by atoms with Crippen LogP contribution in [0.2, 0.25) is 0 Å². The summed E-state index contributed by atoms with van der Waals surface area (Å²) < 4.78 is 13.1. The first-order valence-corrected chi connectivity index (χ1v) is 9.62. The molecule has 1 fully saturated rings. The first kappa shape index (κ1) is 22.0. The largest absolute Gasteiger partial charge is 0.370 e. The number of piperazine rings is 1. The predicted molar refractivity (Wildman–Crippen MR) is 127 cm³/mol. The van der Waals surface area contributed by atoms with Crippen LogP contribution in [0.3, 0.4) is 0 Å². The van der Waals surface area contributed by atoms with E-state index >= 15 is 0 Å². The summed E-state index contributed by atoms with van der Waals surface area (Å²) in [5.74, 6) is 1.79. The number of nitrogens with zero attached hydrogens (tertiary/aromatic N) is 5. The molecule has 0 atom stereocenters. The van der Waals surface area contributed by atoms with Crippen LogP contribution in [0, 0.1) is 12.7 Å². The van der Waals surface area contributed by atoms with Crippen molar-refractivity contribution in [1.29, 1.82) is 0 Å². The highest BCUT2D eigenvalue weighted by atomic mass is 127. The molecule has 0 radical (unpaired) electrons. The lowest BCUT2D eigenvalue weighted by atomic mass is 10.1. The zero-order chi connectivity index (χ0) is 20.2. The molecule has 7 nitrogen and oxygen atoms in total. The molecule has 0 aliphatic carbocycles. The van der Waals surface area contributed by atoms with Crippen LogP contribution in [0.1, 0.15) is 11.4 Å². The fraction of sp³-hybridized carbons (Fsp3) is 0.286.